The van der Waals surface area contributed by atoms with Crippen LogP contribution in [-0.4, -0.2) is 21.4 Å². The summed E-state index contributed by atoms with van der Waals surface area (Å²) in [6.07, 6.45) is 3.42. The van der Waals surface area contributed by atoms with Gasteiger partial charge in [-0.15, -0.1) is 21.5 Å². The summed E-state index contributed by atoms with van der Waals surface area (Å²) in [4.78, 5) is 14.7. The second-order valence-electron chi connectivity index (χ2n) is 7.04. The number of thioether (sulfide) groups is 1. The lowest BCUT2D eigenvalue weighted by Crippen LogP contribution is -2.22. The zero-order chi connectivity index (χ0) is 19.7. The molecule has 1 amide bonds. The van der Waals surface area contributed by atoms with Gasteiger partial charge in [-0.05, 0) is 61.9 Å². The van der Waals surface area contributed by atoms with Gasteiger partial charge in [0.15, 0.2) is 0 Å². The Bertz CT molecular complexity index is 1000. The van der Waals surface area contributed by atoms with Gasteiger partial charge >= 0.3 is 0 Å². The highest BCUT2D eigenvalue weighted by Crippen LogP contribution is 2.37. The van der Waals surface area contributed by atoms with E-state index in [2.05, 4.69) is 28.5 Å². The van der Waals surface area contributed by atoms with Crippen molar-refractivity contribution in [3.63, 3.8) is 0 Å². The second kappa shape index (κ2) is 8.05. The molecule has 2 atom stereocenters. The Kier molecular flexibility index (Phi) is 5.50. The number of carbonyl (C=O) groups is 1. The van der Waals surface area contributed by atoms with Crippen molar-refractivity contribution in [3.05, 3.63) is 46.6 Å². The Morgan fingerprint density at radius 2 is 2.25 bits per heavy atom. The van der Waals surface area contributed by atoms with E-state index in [4.69, 9.17) is 4.42 Å². The van der Waals surface area contributed by atoms with Gasteiger partial charge in [0.2, 0.25) is 5.91 Å². The summed E-state index contributed by atoms with van der Waals surface area (Å²) in [6, 6.07) is 7.95. The summed E-state index contributed by atoms with van der Waals surface area (Å²) in [5.41, 5.74) is 1.80. The van der Waals surface area contributed by atoms with E-state index >= 15 is 0 Å². The van der Waals surface area contributed by atoms with Crippen LogP contribution in [0.3, 0.4) is 0 Å². The molecule has 1 aromatic carbocycles. The number of fused-ring (bicyclic) bond motifs is 1. The molecular formula is C20H20FN3O2S2. The fourth-order valence-electron chi connectivity index (χ4n) is 3.18. The van der Waals surface area contributed by atoms with Gasteiger partial charge in [0.05, 0.1) is 10.1 Å². The van der Waals surface area contributed by atoms with E-state index in [0.717, 1.165) is 17.7 Å². The SMILES string of the molecule is C[C@@H]1CCc2sc(-c3nnc(S[C@H](C)C(=O)Nc4cccc(F)c4)o3)cc2C1. The lowest BCUT2D eigenvalue weighted by atomic mass is 9.90. The number of rotatable bonds is 5. The summed E-state index contributed by atoms with van der Waals surface area (Å²) in [5, 5.41) is 10.8. The molecule has 0 spiro atoms. The van der Waals surface area contributed by atoms with Gasteiger partial charge in [-0.25, -0.2) is 4.39 Å². The minimum absolute atomic E-state index is 0.254. The van der Waals surface area contributed by atoms with E-state index < -0.39 is 11.1 Å². The van der Waals surface area contributed by atoms with E-state index in [1.54, 1.807) is 30.4 Å². The molecule has 146 valence electrons. The molecule has 8 heteroatoms. The van der Waals surface area contributed by atoms with E-state index in [-0.39, 0.29) is 5.91 Å². The van der Waals surface area contributed by atoms with Crippen LogP contribution in [0, 0.1) is 11.7 Å². The molecule has 1 N–H and O–H groups in total. The molecule has 0 fully saturated rings. The summed E-state index contributed by atoms with van der Waals surface area (Å²) in [5.74, 6) is 0.553. The number of thiophene rings is 1. The standard InChI is InChI=1S/C20H20FN3O2S2/c1-11-6-7-16-13(8-11)9-17(28-16)19-23-24-20(26-19)27-12(2)18(25)22-15-5-3-4-14(21)10-15/h3-5,9-12H,6-8H2,1-2H3,(H,22,25)/t11-,12-/m1/s1. The second-order valence-corrected chi connectivity index (χ2v) is 9.47. The fourth-order valence-corrected chi connectivity index (χ4v) is 5.00. The number of halogens is 1. The van der Waals surface area contributed by atoms with E-state index in [1.807, 2.05) is 0 Å². The number of amides is 1. The average Bonchev–Trinajstić information content (AvgIpc) is 3.27. The van der Waals surface area contributed by atoms with Crippen LogP contribution in [0.4, 0.5) is 10.1 Å². The third-order valence-electron chi connectivity index (χ3n) is 4.69. The van der Waals surface area contributed by atoms with Crippen LogP contribution in [-0.2, 0) is 17.6 Å². The topological polar surface area (TPSA) is 68.0 Å². The zero-order valence-corrected chi connectivity index (χ0v) is 17.2. The van der Waals surface area contributed by atoms with Gasteiger partial charge in [-0.2, -0.15) is 0 Å². The Hall–Kier alpha value is -2.19. The first-order chi connectivity index (χ1) is 13.5. The van der Waals surface area contributed by atoms with Crippen LogP contribution >= 0.6 is 23.1 Å². The zero-order valence-electron chi connectivity index (χ0n) is 15.6. The van der Waals surface area contributed by atoms with Gasteiger partial charge in [0.25, 0.3) is 11.1 Å². The van der Waals surface area contributed by atoms with Gasteiger partial charge in [0.1, 0.15) is 5.82 Å². The van der Waals surface area contributed by atoms with Gasteiger partial charge < -0.3 is 9.73 Å². The molecule has 1 aliphatic carbocycles. The number of hydrogen-bond donors (Lipinski definition) is 1. The van der Waals surface area contributed by atoms with Gasteiger partial charge in [0, 0.05) is 10.6 Å². The number of nitrogens with one attached hydrogen (secondary N) is 1. The molecular weight excluding hydrogens is 397 g/mol. The Balaban J connectivity index is 1.41. The van der Waals surface area contributed by atoms with Crippen LogP contribution in [0.25, 0.3) is 10.8 Å². The van der Waals surface area contributed by atoms with E-state index in [0.29, 0.717) is 22.7 Å². The number of hydrogen-bond acceptors (Lipinski definition) is 6. The molecule has 5 nitrogen and oxygen atoms in total. The van der Waals surface area contributed by atoms with E-state index in [1.165, 1.54) is 40.8 Å². The number of aryl methyl sites for hydroxylation is 1. The van der Waals surface area contributed by atoms with Crippen molar-refractivity contribution >= 4 is 34.7 Å². The Labute approximate surface area is 170 Å². The first-order valence-electron chi connectivity index (χ1n) is 9.16. The lowest BCUT2D eigenvalue weighted by molar-refractivity contribution is -0.115. The number of carbonyl (C=O) groups excluding carboxylic acids is 1. The fraction of sp³-hybridized carbons (Fsp3) is 0.350. The molecule has 0 saturated heterocycles. The molecule has 1 aliphatic rings. The molecule has 4 rings (SSSR count). The molecule has 0 aliphatic heterocycles. The molecule has 0 saturated carbocycles. The number of aromatic nitrogens is 2. The van der Waals surface area contributed by atoms with Crippen LogP contribution < -0.4 is 5.32 Å². The summed E-state index contributed by atoms with van der Waals surface area (Å²) in [7, 11) is 0. The quantitative estimate of drug-likeness (QED) is 0.579. The molecule has 0 bridgehead atoms. The summed E-state index contributed by atoms with van der Waals surface area (Å²) in [6.45, 7) is 4.02. The Morgan fingerprint density at radius 1 is 1.39 bits per heavy atom. The number of benzene rings is 1. The molecule has 2 aromatic heterocycles. The normalized spacial score (nSPS) is 17.2. The first kappa shape index (κ1) is 19.1. The van der Waals surface area contributed by atoms with Gasteiger partial charge in [-0.1, -0.05) is 24.8 Å². The van der Waals surface area contributed by atoms with Gasteiger partial charge in [-0.3, -0.25) is 4.79 Å². The van der Waals surface area contributed by atoms with Crippen molar-refractivity contribution in [2.75, 3.05) is 5.32 Å². The summed E-state index contributed by atoms with van der Waals surface area (Å²) < 4.78 is 19.0. The average molecular weight is 418 g/mol. The minimum Gasteiger partial charge on any atom is -0.410 e. The smallest absolute Gasteiger partial charge is 0.277 e. The maximum absolute atomic E-state index is 13.2. The molecule has 0 radical (unpaired) electrons. The maximum Gasteiger partial charge on any atom is 0.277 e. The molecule has 28 heavy (non-hydrogen) atoms. The minimum atomic E-state index is -0.464. The summed E-state index contributed by atoms with van der Waals surface area (Å²) >= 11 is 2.90. The monoisotopic (exact) mass is 417 g/mol. The third kappa shape index (κ3) is 4.28. The van der Waals surface area contributed by atoms with Crippen molar-refractivity contribution in [2.45, 2.75) is 43.6 Å². The van der Waals surface area contributed by atoms with Crippen molar-refractivity contribution < 1.29 is 13.6 Å². The van der Waals surface area contributed by atoms with Crippen LogP contribution in [0.15, 0.2) is 40.0 Å². The van der Waals surface area contributed by atoms with E-state index in [9.17, 15) is 9.18 Å². The largest absolute Gasteiger partial charge is 0.410 e. The van der Waals surface area contributed by atoms with Crippen molar-refractivity contribution in [1.29, 1.82) is 0 Å². The predicted octanol–water partition coefficient (Wildman–Crippen LogP) is 5.18. The highest BCUT2D eigenvalue weighted by Gasteiger charge is 2.22. The first-order valence-corrected chi connectivity index (χ1v) is 10.9. The highest BCUT2D eigenvalue weighted by atomic mass is 32.2. The lowest BCUT2D eigenvalue weighted by Gasteiger charge is -2.16. The predicted molar refractivity (Wildman–Crippen MR) is 109 cm³/mol. The van der Waals surface area contributed by atoms with Crippen LogP contribution in [0.5, 0.6) is 0 Å². The van der Waals surface area contributed by atoms with Crippen molar-refractivity contribution in [1.82, 2.24) is 10.2 Å². The third-order valence-corrected chi connectivity index (χ3v) is 6.84. The maximum atomic E-state index is 13.2. The molecule has 0 unspecified atom stereocenters. The highest BCUT2D eigenvalue weighted by molar-refractivity contribution is 8.00. The number of nitrogens with zero attached hydrogens (tertiary/aromatic N) is 2. The molecule has 2 heterocycles. The Morgan fingerprint density at radius 3 is 3.07 bits per heavy atom. The van der Waals surface area contributed by atoms with Crippen LogP contribution in [0.2, 0.25) is 0 Å². The number of anilines is 1. The molecule has 3 aromatic rings. The van der Waals surface area contributed by atoms with Crippen molar-refractivity contribution in [3.8, 4) is 10.8 Å². The van der Waals surface area contributed by atoms with Crippen LogP contribution in [0.1, 0.15) is 30.7 Å². The van der Waals surface area contributed by atoms with Crippen molar-refractivity contribution in [2.24, 2.45) is 5.92 Å².